The maximum Gasteiger partial charge on any atom is 0.233 e. The van der Waals surface area contributed by atoms with Crippen LogP contribution in [0.2, 0.25) is 0 Å². The number of hydrogen-bond acceptors (Lipinski definition) is 3. The third-order valence-corrected chi connectivity index (χ3v) is 3.74. The Labute approximate surface area is 127 Å². The first-order valence-corrected chi connectivity index (χ1v) is 7.57. The molecule has 0 radical (unpaired) electrons. The average molecular weight is 295 g/mol. The fourth-order valence-electron chi connectivity index (χ4n) is 2.02. The van der Waals surface area contributed by atoms with E-state index in [-0.39, 0.29) is 23.2 Å². The molecule has 1 atom stereocenters. The second-order valence-corrected chi connectivity index (χ2v) is 6.54. The summed E-state index contributed by atoms with van der Waals surface area (Å²) in [6, 6.07) is 9.89. The van der Waals surface area contributed by atoms with E-state index in [0.29, 0.717) is 13.0 Å². The van der Waals surface area contributed by atoms with Crippen molar-refractivity contribution in [3.63, 3.8) is 0 Å². The minimum Gasteiger partial charge on any atom is -0.396 e. The average Bonchev–Trinajstić information content (AvgIpc) is 2.44. The van der Waals surface area contributed by atoms with Crippen LogP contribution < -0.4 is 5.32 Å². The summed E-state index contributed by atoms with van der Waals surface area (Å²) in [6.07, 6.45) is 2.28. The van der Waals surface area contributed by atoms with E-state index in [0.717, 1.165) is 18.4 Å². The molecule has 0 spiro atoms. The number of rotatable bonds is 8. The monoisotopic (exact) mass is 295 g/mol. The predicted molar refractivity (Wildman–Crippen MR) is 86.0 cm³/mol. The molecule has 0 aromatic heterocycles. The van der Waals surface area contributed by atoms with Crippen molar-refractivity contribution in [2.45, 2.75) is 38.4 Å². The maximum atomic E-state index is 12.0. The molecule has 0 aliphatic rings. The SMILES string of the molecule is CC(C)(CCCO)CNC(=O)C(S)Cc1ccccc1. The summed E-state index contributed by atoms with van der Waals surface area (Å²) >= 11 is 4.38. The largest absolute Gasteiger partial charge is 0.396 e. The van der Waals surface area contributed by atoms with Gasteiger partial charge in [0.25, 0.3) is 0 Å². The molecule has 1 unspecified atom stereocenters. The molecule has 0 heterocycles. The molecule has 1 aromatic rings. The van der Waals surface area contributed by atoms with Crippen molar-refractivity contribution in [1.82, 2.24) is 5.32 Å². The molecule has 0 fully saturated rings. The Bertz CT molecular complexity index is 406. The van der Waals surface area contributed by atoms with Gasteiger partial charge in [-0.15, -0.1) is 0 Å². The van der Waals surface area contributed by atoms with Gasteiger partial charge in [0.15, 0.2) is 0 Å². The van der Waals surface area contributed by atoms with Gasteiger partial charge in [-0.25, -0.2) is 0 Å². The van der Waals surface area contributed by atoms with E-state index in [1.807, 2.05) is 30.3 Å². The van der Waals surface area contributed by atoms with Crippen LogP contribution in [0.5, 0.6) is 0 Å². The van der Waals surface area contributed by atoms with Crippen LogP contribution in [-0.4, -0.2) is 29.4 Å². The quantitative estimate of drug-likeness (QED) is 0.645. The number of carbonyl (C=O) groups is 1. The molecule has 4 heteroatoms. The summed E-state index contributed by atoms with van der Waals surface area (Å²) in [4.78, 5) is 12.0. The van der Waals surface area contributed by atoms with Crippen LogP contribution in [0, 0.1) is 5.41 Å². The predicted octanol–water partition coefficient (Wildman–Crippen LogP) is 2.44. The summed E-state index contributed by atoms with van der Waals surface area (Å²) in [5, 5.41) is 11.5. The Kier molecular flexibility index (Phi) is 7.10. The van der Waals surface area contributed by atoms with Gasteiger partial charge in [-0.05, 0) is 30.2 Å². The molecule has 0 bridgehead atoms. The Morgan fingerprint density at radius 2 is 2.00 bits per heavy atom. The summed E-state index contributed by atoms with van der Waals surface area (Å²) in [5.74, 6) is -0.0331. The number of aliphatic hydroxyl groups excluding tert-OH is 1. The lowest BCUT2D eigenvalue weighted by molar-refractivity contribution is -0.121. The van der Waals surface area contributed by atoms with Gasteiger partial charge in [0, 0.05) is 13.2 Å². The Morgan fingerprint density at radius 3 is 2.60 bits per heavy atom. The van der Waals surface area contributed by atoms with E-state index in [2.05, 4.69) is 31.8 Å². The lowest BCUT2D eigenvalue weighted by Crippen LogP contribution is -2.39. The van der Waals surface area contributed by atoms with Crippen LogP contribution in [-0.2, 0) is 11.2 Å². The topological polar surface area (TPSA) is 49.3 Å². The first kappa shape index (κ1) is 17.1. The normalized spacial score (nSPS) is 13.0. The van der Waals surface area contributed by atoms with E-state index < -0.39 is 0 Å². The smallest absolute Gasteiger partial charge is 0.233 e. The minimum absolute atomic E-state index is 0.00135. The van der Waals surface area contributed by atoms with E-state index >= 15 is 0 Å². The van der Waals surface area contributed by atoms with Gasteiger partial charge in [0.05, 0.1) is 5.25 Å². The van der Waals surface area contributed by atoms with Crippen molar-refractivity contribution in [2.24, 2.45) is 5.41 Å². The van der Waals surface area contributed by atoms with Gasteiger partial charge < -0.3 is 10.4 Å². The van der Waals surface area contributed by atoms with Gasteiger partial charge in [0.2, 0.25) is 5.91 Å². The Balaban J connectivity index is 2.38. The molecule has 1 rings (SSSR count). The van der Waals surface area contributed by atoms with Crippen molar-refractivity contribution in [3.8, 4) is 0 Å². The van der Waals surface area contributed by atoms with Crippen molar-refractivity contribution < 1.29 is 9.90 Å². The molecule has 0 aliphatic carbocycles. The van der Waals surface area contributed by atoms with Crippen LogP contribution >= 0.6 is 12.6 Å². The van der Waals surface area contributed by atoms with Crippen LogP contribution in [0.15, 0.2) is 30.3 Å². The standard InChI is InChI=1S/C16H25NO2S/c1-16(2,9-6-10-18)12-17-15(19)14(20)11-13-7-4-3-5-8-13/h3-5,7-8,14,18,20H,6,9-12H2,1-2H3,(H,17,19). The minimum atomic E-state index is -0.328. The summed E-state index contributed by atoms with van der Waals surface area (Å²) in [5.41, 5.74) is 1.11. The van der Waals surface area contributed by atoms with Gasteiger partial charge in [-0.3, -0.25) is 4.79 Å². The zero-order valence-electron chi connectivity index (χ0n) is 12.3. The third kappa shape index (κ3) is 6.44. The Hall–Kier alpha value is -1.00. The van der Waals surface area contributed by atoms with Crippen LogP contribution in [0.1, 0.15) is 32.3 Å². The van der Waals surface area contributed by atoms with E-state index in [9.17, 15) is 4.79 Å². The molecule has 20 heavy (non-hydrogen) atoms. The summed E-state index contributed by atoms with van der Waals surface area (Å²) in [7, 11) is 0. The van der Waals surface area contributed by atoms with E-state index in [1.165, 1.54) is 0 Å². The Morgan fingerprint density at radius 1 is 1.35 bits per heavy atom. The highest BCUT2D eigenvalue weighted by molar-refractivity contribution is 7.81. The zero-order chi connectivity index (χ0) is 15.0. The van der Waals surface area contributed by atoms with Gasteiger partial charge in [0.1, 0.15) is 0 Å². The first-order chi connectivity index (χ1) is 9.44. The third-order valence-electron chi connectivity index (χ3n) is 3.33. The lowest BCUT2D eigenvalue weighted by Gasteiger charge is -2.25. The molecule has 1 aromatic carbocycles. The molecule has 0 saturated heterocycles. The van der Waals surface area contributed by atoms with Crippen molar-refractivity contribution >= 4 is 18.5 Å². The molecule has 1 amide bonds. The number of thiol groups is 1. The van der Waals surface area contributed by atoms with Crippen LogP contribution in [0.3, 0.4) is 0 Å². The van der Waals surface area contributed by atoms with Crippen molar-refractivity contribution in [2.75, 3.05) is 13.2 Å². The molecule has 0 saturated carbocycles. The van der Waals surface area contributed by atoms with Crippen LogP contribution in [0.4, 0.5) is 0 Å². The van der Waals surface area contributed by atoms with Gasteiger partial charge >= 0.3 is 0 Å². The number of hydrogen-bond donors (Lipinski definition) is 3. The molecule has 3 nitrogen and oxygen atoms in total. The second kappa shape index (κ2) is 8.32. The van der Waals surface area contributed by atoms with Crippen molar-refractivity contribution in [3.05, 3.63) is 35.9 Å². The maximum absolute atomic E-state index is 12.0. The number of amides is 1. The number of nitrogens with one attached hydrogen (secondary N) is 1. The second-order valence-electron chi connectivity index (χ2n) is 5.91. The van der Waals surface area contributed by atoms with Gasteiger partial charge in [-0.2, -0.15) is 12.6 Å². The van der Waals surface area contributed by atoms with E-state index in [1.54, 1.807) is 0 Å². The lowest BCUT2D eigenvalue weighted by atomic mass is 9.88. The fraction of sp³-hybridized carbons (Fsp3) is 0.562. The highest BCUT2D eigenvalue weighted by atomic mass is 32.1. The molecular formula is C16H25NO2S. The molecular weight excluding hydrogens is 270 g/mol. The number of carbonyl (C=O) groups excluding carboxylic acids is 1. The zero-order valence-corrected chi connectivity index (χ0v) is 13.2. The highest BCUT2D eigenvalue weighted by Gasteiger charge is 2.21. The number of aliphatic hydroxyl groups is 1. The highest BCUT2D eigenvalue weighted by Crippen LogP contribution is 2.21. The molecule has 0 aliphatic heterocycles. The first-order valence-electron chi connectivity index (χ1n) is 7.05. The summed E-state index contributed by atoms with van der Waals surface area (Å²) < 4.78 is 0. The number of benzene rings is 1. The molecule has 2 N–H and O–H groups in total. The fourth-order valence-corrected chi connectivity index (χ4v) is 2.32. The summed E-state index contributed by atoms with van der Waals surface area (Å²) in [6.45, 7) is 4.99. The van der Waals surface area contributed by atoms with E-state index in [4.69, 9.17) is 5.11 Å². The van der Waals surface area contributed by atoms with Crippen molar-refractivity contribution in [1.29, 1.82) is 0 Å². The van der Waals surface area contributed by atoms with Gasteiger partial charge in [-0.1, -0.05) is 44.2 Å². The van der Waals surface area contributed by atoms with Crippen LogP contribution in [0.25, 0.3) is 0 Å². The molecule has 112 valence electrons.